The molecule has 0 saturated carbocycles. The van der Waals surface area contributed by atoms with Crippen LogP contribution in [0.15, 0.2) is 0 Å². The summed E-state index contributed by atoms with van der Waals surface area (Å²) in [6.07, 6.45) is 0. The first kappa shape index (κ1) is 17.9. The molecule has 0 radical (unpaired) electrons. The molecule has 0 fully saturated rings. The van der Waals surface area contributed by atoms with E-state index in [0.717, 1.165) is 0 Å². The molecule has 0 aromatic rings. The number of carboxylic acids is 1. The third-order valence-corrected chi connectivity index (χ3v) is 1.71. The summed E-state index contributed by atoms with van der Waals surface area (Å²) in [7, 11) is 1.24. The molecule has 0 heterocycles. The van der Waals surface area contributed by atoms with Crippen LogP contribution in [0.5, 0.6) is 0 Å². The molecule has 4 heteroatoms. The Labute approximate surface area is 79.9 Å². The number of carbonyl (C=O) groups is 2. The molecule has 0 aliphatic rings. The van der Waals surface area contributed by atoms with E-state index in [0.29, 0.717) is 0 Å². The first-order valence-corrected chi connectivity index (χ1v) is 3.31. The highest BCUT2D eigenvalue weighted by Crippen LogP contribution is 2.11. The molecule has 0 bridgehead atoms. The van der Waals surface area contributed by atoms with Crippen LogP contribution in [0.2, 0.25) is 0 Å². The van der Waals surface area contributed by atoms with E-state index in [1.54, 1.807) is 0 Å². The van der Waals surface area contributed by atoms with Crippen molar-refractivity contribution in [3.8, 4) is 0 Å². The number of rotatable bonds is 3. The van der Waals surface area contributed by atoms with Crippen molar-refractivity contribution in [1.82, 2.24) is 0 Å². The number of carboxylic acid groups (broad SMARTS) is 1. The van der Waals surface area contributed by atoms with Crippen molar-refractivity contribution in [1.29, 1.82) is 0 Å². The van der Waals surface area contributed by atoms with Crippen molar-refractivity contribution < 1.29 is 19.4 Å². The van der Waals surface area contributed by atoms with Gasteiger partial charge in [-0.3, -0.25) is 9.59 Å². The average molecular weight is 192 g/mol. The summed E-state index contributed by atoms with van der Waals surface area (Å²) in [4.78, 5) is 21.1. The van der Waals surface area contributed by atoms with E-state index in [9.17, 15) is 9.59 Å². The van der Waals surface area contributed by atoms with Gasteiger partial charge in [0.25, 0.3) is 0 Å². The van der Waals surface area contributed by atoms with Gasteiger partial charge in [0.2, 0.25) is 0 Å². The quantitative estimate of drug-likeness (QED) is 0.692. The van der Waals surface area contributed by atoms with E-state index >= 15 is 0 Å². The van der Waals surface area contributed by atoms with Crippen LogP contribution in [0.1, 0.15) is 28.7 Å². The van der Waals surface area contributed by atoms with E-state index < -0.39 is 23.8 Å². The monoisotopic (exact) mass is 192 g/mol. The molecule has 4 nitrogen and oxygen atoms in total. The second-order valence-electron chi connectivity index (χ2n) is 2.44. The summed E-state index contributed by atoms with van der Waals surface area (Å²) in [6, 6.07) is 0. The van der Waals surface area contributed by atoms with Crippen molar-refractivity contribution in [2.75, 3.05) is 7.11 Å². The van der Waals surface area contributed by atoms with Gasteiger partial charge in [0.1, 0.15) is 0 Å². The number of esters is 1. The lowest BCUT2D eigenvalue weighted by Crippen LogP contribution is -2.26. The summed E-state index contributed by atoms with van der Waals surface area (Å²) < 4.78 is 4.38. The van der Waals surface area contributed by atoms with Gasteiger partial charge in [-0.05, 0) is 0 Å². The topological polar surface area (TPSA) is 63.6 Å². The van der Waals surface area contributed by atoms with Crippen molar-refractivity contribution in [2.45, 2.75) is 28.7 Å². The van der Waals surface area contributed by atoms with Gasteiger partial charge in [0, 0.05) is 0 Å². The Balaban J connectivity index is -0.000000500. The number of aliphatic carboxylic acids is 1. The fraction of sp³-hybridized carbons (Fsp3) is 0.778. The number of methoxy groups -OCH3 is 1. The predicted octanol–water partition coefficient (Wildman–Crippen LogP) is 1.79. The summed E-state index contributed by atoms with van der Waals surface area (Å²) in [5.74, 6) is -2.75. The average Bonchev–Trinajstić information content (AvgIpc) is 2.00. The Kier molecular flexibility index (Phi) is 10.4. The van der Waals surface area contributed by atoms with Gasteiger partial charge in [0.05, 0.1) is 18.9 Å². The van der Waals surface area contributed by atoms with Crippen LogP contribution in [0.4, 0.5) is 0 Å². The largest absolute Gasteiger partial charge is 0.481 e. The predicted molar refractivity (Wildman–Crippen MR) is 51.4 cm³/mol. The highest BCUT2D eigenvalue weighted by molar-refractivity contribution is 5.80. The standard InChI is InChI=1S/C7H12O4.2CH4/c1-4(6(8)9)5(2)7(10)11-3;;/h4-5H,1-3H3,(H,8,9);2*1H4. The maximum absolute atomic E-state index is 10.8. The highest BCUT2D eigenvalue weighted by atomic mass is 16.5. The molecule has 2 atom stereocenters. The fourth-order valence-corrected chi connectivity index (χ4v) is 0.604. The minimum atomic E-state index is -0.983. The second-order valence-corrected chi connectivity index (χ2v) is 2.44. The molecule has 2 unspecified atom stereocenters. The molecular formula is C9H20O4. The Morgan fingerprint density at radius 3 is 1.77 bits per heavy atom. The van der Waals surface area contributed by atoms with Gasteiger partial charge in [-0.15, -0.1) is 0 Å². The Bertz CT molecular complexity index is 165. The zero-order chi connectivity index (χ0) is 9.02. The zero-order valence-electron chi connectivity index (χ0n) is 6.83. The molecule has 1 N–H and O–H groups in total. The minimum absolute atomic E-state index is 0. The molecule has 13 heavy (non-hydrogen) atoms. The lowest BCUT2D eigenvalue weighted by Gasteiger charge is -2.12. The Morgan fingerprint density at radius 1 is 1.15 bits per heavy atom. The maximum Gasteiger partial charge on any atom is 0.309 e. The number of carbonyl (C=O) groups excluding carboxylic acids is 1. The first-order valence-electron chi connectivity index (χ1n) is 3.31. The molecule has 0 aromatic carbocycles. The number of hydrogen-bond acceptors (Lipinski definition) is 3. The molecule has 0 amide bonds. The lowest BCUT2D eigenvalue weighted by molar-refractivity contribution is -0.154. The molecule has 0 rings (SSSR count). The van der Waals surface area contributed by atoms with Gasteiger partial charge >= 0.3 is 11.9 Å². The second kappa shape index (κ2) is 7.58. The van der Waals surface area contributed by atoms with E-state index in [1.165, 1.54) is 21.0 Å². The zero-order valence-corrected chi connectivity index (χ0v) is 6.83. The van der Waals surface area contributed by atoms with Crippen molar-refractivity contribution in [3.05, 3.63) is 0 Å². The molecule has 0 aliphatic heterocycles. The molecule has 0 aliphatic carbocycles. The van der Waals surface area contributed by atoms with Gasteiger partial charge in [-0.25, -0.2) is 0 Å². The summed E-state index contributed by atoms with van der Waals surface area (Å²) in [5.41, 5.74) is 0. The number of hydrogen-bond donors (Lipinski definition) is 1. The van der Waals surface area contributed by atoms with Crippen LogP contribution in [0.25, 0.3) is 0 Å². The van der Waals surface area contributed by atoms with Crippen LogP contribution < -0.4 is 0 Å². The van der Waals surface area contributed by atoms with Gasteiger partial charge in [-0.2, -0.15) is 0 Å². The molecule has 80 valence electrons. The Morgan fingerprint density at radius 2 is 1.54 bits per heavy atom. The van der Waals surface area contributed by atoms with Gasteiger partial charge in [-0.1, -0.05) is 28.7 Å². The van der Waals surface area contributed by atoms with Crippen LogP contribution >= 0.6 is 0 Å². The first-order chi connectivity index (χ1) is 5.00. The number of ether oxygens (including phenoxy) is 1. The van der Waals surface area contributed by atoms with Crippen LogP contribution in [0.3, 0.4) is 0 Å². The van der Waals surface area contributed by atoms with Crippen molar-refractivity contribution in [3.63, 3.8) is 0 Å². The fourth-order valence-electron chi connectivity index (χ4n) is 0.604. The van der Waals surface area contributed by atoms with Crippen LogP contribution in [-0.4, -0.2) is 24.2 Å². The van der Waals surface area contributed by atoms with Crippen LogP contribution in [-0.2, 0) is 14.3 Å². The highest BCUT2D eigenvalue weighted by Gasteiger charge is 2.25. The normalized spacial score (nSPS) is 12.8. The third kappa shape index (κ3) is 5.22. The van der Waals surface area contributed by atoms with E-state index in [1.807, 2.05) is 0 Å². The lowest BCUT2D eigenvalue weighted by atomic mass is 9.97. The minimum Gasteiger partial charge on any atom is -0.481 e. The van der Waals surface area contributed by atoms with E-state index in [4.69, 9.17) is 5.11 Å². The SMILES string of the molecule is C.C.COC(=O)C(C)C(C)C(=O)O. The molecule has 0 aromatic heterocycles. The maximum atomic E-state index is 10.8. The molecular weight excluding hydrogens is 172 g/mol. The van der Waals surface area contributed by atoms with Crippen molar-refractivity contribution in [2.24, 2.45) is 11.8 Å². The van der Waals surface area contributed by atoms with E-state index in [2.05, 4.69) is 4.74 Å². The van der Waals surface area contributed by atoms with Gasteiger partial charge < -0.3 is 9.84 Å². The third-order valence-electron chi connectivity index (χ3n) is 1.71. The summed E-state index contributed by atoms with van der Waals surface area (Å²) in [6.45, 7) is 3.01. The summed E-state index contributed by atoms with van der Waals surface area (Å²) >= 11 is 0. The van der Waals surface area contributed by atoms with Crippen molar-refractivity contribution >= 4 is 11.9 Å². The molecule has 0 spiro atoms. The molecule has 0 saturated heterocycles. The van der Waals surface area contributed by atoms with Crippen LogP contribution in [0, 0.1) is 11.8 Å². The summed E-state index contributed by atoms with van der Waals surface area (Å²) in [5, 5.41) is 8.49. The van der Waals surface area contributed by atoms with Gasteiger partial charge in [0.15, 0.2) is 0 Å². The Hall–Kier alpha value is -1.06. The smallest absolute Gasteiger partial charge is 0.309 e. The van der Waals surface area contributed by atoms with E-state index in [-0.39, 0.29) is 14.9 Å².